The minimum absolute atomic E-state index is 0.533. The van der Waals surface area contributed by atoms with Crippen molar-refractivity contribution in [2.24, 2.45) is 0 Å². The Balaban J connectivity index is 3.31. The van der Waals surface area contributed by atoms with Gasteiger partial charge in [0, 0.05) is 6.07 Å². The topological polar surface area (TPSA) is 74.2 Å². The zero-order valence-corrected chi connectivity index (χ0v) is 6.42. The number of carboxylic acid groups (broad SMARTS) is 1. The van der Waals surface area contributed by atoms with Crippen molar-refractivity contribution >= 4 is 5.97 Å². The maximum atomic E-state index is 12.1. The molecule has 0 saturated carbocycles. The van der Waals surface area contributed by atoms with E-state index in [0.717, 1.165) is 0 Å². The van der Waals surface area contributed by atoms with Gasteiger partial charge >= 0.3 is 12.1 Å². The summed E-state index contributed by atoms with van der Waals surface area (Å²) >= 11 is 0. The van der Waals surface area contributed by atoms with Gasteiger partial charge in [0.1, 0.15) is 11.6 Å². The van der Waals surface area contributed by atoms with Gasteiger partial charge in [-0.05, 0) is 0 Å². The van der Waals surface area contributed by atoms with Crippen molar-refractivity contribution in [2.75, 3.05) is 0 Å². The Kier molecular flexibility index (Phi) is 2.21. The number of nitrogens with zero attached hydrogens (tertiary/aromatic N) is 1. The molecular formula is C7H2F3NO3. The van der Waals surface area contributed by atoms with Crippen molar-refractivity contribution in [2.45, 2.75) is 6.18 Å². The van der Waals surface area contributed by atoms with Crippen LogP contribution in [0.3, 0.4) is 0 Å². The van der Waals surface area contributed by atoms with Gasteiger partial charge in [-0.3, -0.25) is 0 Å². The number of alkyl halides is 3. The average molecular weight is 205 g/mol. The number of aromatic carboxylic acids is 1. The summed E-state index contributed by atoms with van der Waals surface area (Å²) in [5.74, 6) is -4.15. The molecule has 1 heterocycles. The Hall–Kier alpha value is -1.97. The van der Waals surface area contributed by atoms with Crippen LogP contribution < -0.4 is 0 Å². The van der Waals surface area contributed by atoms with E-state index in [2.05, 4.69) is 4.42 Å². The number of furan rings is 1. The van der Waals surface area contributed by atoms with Gasteiger partial charge in [-0.25, -0.2) is 4.79 Å². The predicted molar refractivity (Wildman–Crippen MR) is 35.4 cm³/mol. The van der Waals surface area contributed by atoms with E-state index in [4.69, 9.17) is 10.4 Å². The van der Waals surface area contributed by atoms with E-state index in [1.807, 2.05) is 0 Å². The fraction of sp³-hybridized carbons (Fsp3) is 0.143. The molecule has 1 rings (SSSR count). The van der Waals surface area contributed by atoms with Crippen LogP contribution in [0.25, 0.3) is 0 Å². The Morgan fingerprint density at radius 3 is 2.43 bits per heavy atom. The van der Waals surface area contributed by atoms with Crippen LogP contribution in [0.4, 0.5) is 13.2 Å². The quantitative estimate of drug-likeness (QED) is 0.759. The molecule has 4 nitrogen and oxygen atoms in total. The fourth-order valence-electron chi connectivity index (χ4n) is 0.790. The summed E-state index contributed by atoms with van der Waals surface area (Å²) in [5, 5.41) is 16.6. The number of rotatable bonds is 1. The van der Waals surface area contributed by atoms with E-state index in [0.29, 0.717) is 6.07 Å². The minimum Gasteiger partial charge on any atom is -0.475 e. The SMILES string of the molecule is N#Cc1cc(C(=O)O)oc1C(F)(F)F. The number of hydrogen-bond donors (Lipinski definition) is 1. The Labute approximate surface area is 75.2 Å². The smallest absolute Gasteiger partial charge is 0.450 e. The molecule has 0 unspecified atom stereocenters. The molecular weight excluding hydrogens is 203 g/mol. The monoisotopic (exact) mass is 205 g/mol. The second-order valence-electron chi connectivity index (χ2n) is 2.27. The van der Waals surface area contributed by atoms with Crippen LogP contribution in [0.15, 0.2) is 10.5 Å². The molecule has 14 heavy (non-hydrogen) atoms. The van der Waals surface area contributed by atoms with Crippen LogP contribution >= 0.6 is 0 Å². The maximum Gasteiger partial charge on any atom is 0.450 e. The molecule has 0 saturated heterocycles. The molecule has 0 aliphatic heterocycles. The maximum absolute atomic E-state index is 12.1. The Bertz CT molecular complexity index is 413. The second kappa shape index (κ2) is 3.06. The van der Waals surface area contributed by atoms with Crippen LogP contribution in [0.2, 0.25) is 0 Å². The predicted octanol–water partition coefficient (Wildman–Crippen LogP) is 1.87. The number of carbonyl (C=O) groups is 1. The van der Waals surface area contributed by atoms with Gasteiger partial charge < -0.3 is 9.52 Å². The first-order valence-electron chi connectivity index (χ1n) is 3.20. The number of nitriles is 1. The lowest BCUT2D eigenvalue weighted by atomic mass is 10.2. The third-order valence-corrected chi connectivity index (χ3v) is 1.32. The minimum atomic E-state index is -4.86. The molecule has 0 radical (unpaired) electrons. The molecule has 1 N–H and O–H groups in total. The van der Waals surface area contributed by atoms with E-state index in [-0.39, 0.29) is 0 Å². The highest BCUT2D eigenvalue weighted by atomic mass is 19.4. The summed E-state index contributed by atoms with van der Waals surface area (Å²) in [5.41, 5.74) is -0.838. The van der Waals surface area contributed by atoms with Crippen molar-refractivity contribution in [1.29, 1.82) is 5.26 Å². The van der Waals surface area contributed by atoms with Crippen molar-refractivity contribution < 1.29 is 27.5 Å². The lowest BCUT2D eigenvalue weighted by Crippen LogP contribution is -2.05. The van der Waals surface area contributed by atoms with Crippen LogP contribution in [-0.4, -0.2) is 11.1 Å². The molecule has 0 aliphatic rings. The van der Waals surface area contributed by atoms with E-state index < -0.39 is 29.2 Å². The zero-order chi connectivity index (χ0) is 10.9. The summed E-state index contributed by atoms with van der Waals surface area (Å²) in [6.07, 6.45) is -4.86. The highest BCUT2D eigenvalue weighted by Crippen LogP contribution is 2.33. The normalized spacial score (nSPS) is 11.0. The van der Waals surface area contributed by atoms with Gasteiger partial charge in [0.25, 0.3) is 0 Å². The van der Waals surface area contributed by atoms with Crippen LogP contribution in [0, 0.1) is 11.3 Å². The van der Waals surface area contributed by atoms with Gasteiger partial charge in [0.2, 0.25) is 11.5 Å². The molecule has 0 amide bonds. The molecule has 74 valence electrons. The lowest BCUT2D eigenvalue weighted by molar-refractivity contribution is -0.153. The van der Waals surface area contributed by atoms with E-state index in [1.54, 1.807) is 0 Å². The van der Waals surface area contributed by atoms with Crippen molar-refractivity contribution in [3.63, 3.8) is 0 Å². The number of halogens is 3. The van der Waals surface area contributed by atoms with Gasteiger partial charge in [-0.15, -0.1) is 0 Å². The third-order valence-electron chi connectivity index (χ3n) is 1.32. The van der Waals surface area contributed by atoms with Gasteiger partial charge in [0.05, 0.1) is 0 Å². The summed E-state index contributed by atoms with van der Waals surface area (Å²) in [6, 6.07) is 1.73. The second-order valence-corrected chi connectivity index (χ2v) is 2.27. The number of carboxylic acids is 1. The van der Waals surface area contributed by atoms with E-state index in [9.17, 15) is 18.0 Å². The van der Waals surface area contributed by atoms with E-state index >= 15 is 0 Å². The lowest BCUT2D eigenvalue weighted by Gasteiger charge is -2.00. The van der Waals surface area contributed by atoms with Gasteiger partial charge in [-0.2, -0.15) is 18.4 Å². The molecule has 7 heteroatoms. The van der Waals surface area contributed by atoms with E-state index in [1.165, 1.54) is 6.07 Å². The highest BCUT2D eigenvalue weighted by molar-refractivity contribution is 5.85. The number of hydrogen-bond acceptors (Lipinski definition) is 3. The van der Waals surface area contributed by atoms with Crippen LogP contribution in [0.1, 0.15) is 21.9 Å². The highest BCUT2D eigenvalue weighted by Gasteiger charge is 2.39. The standard InChI is InChI=1S/C7H2F3NO3/c8-7(9,10)5-3(2-11)1-4(14-5)6(12)13/h1H,(H,12,13). The molecule has 0 fully saturated rings. The van der Waals surface area contributed by atoms with Gasteiger partial charge in [0.15, 0.2) is 0 Å². The van der Waals surface area contributed by atoms with Crippen LogP contribution in [-0.2, 0) is 6.18 Å². The third kappa shape index (κ3) is 1.69. The summed E-state index contributed by atoms with van der Waals surface area (Å²) < 4.78 is 40.2. The average Bonchev–Trinajstić information content (AvgIpc) is 2.46. The molecule has 0 spiro atoms. The summed E-state index contributed by atoms with van der Waals surface area (Å²) in [7, 11) is 0. The molecule has 1 aromatic rings. The van der Waals surface area contributed by atoms with Crippen LogP contribution in [0.5, 0.6) is 0 Å². The first kappa shape index (κ1) is 10.1. The summed E-state index contributed by atoms with van der Waals surface area (Å²) in [4.78, 5) is 10.2. The van der Waals surface area contributed by atoms with Crippen molar-refractivity contribution in [1.82, 2.24) is 0 Å². The summed E-state index contributed by atoms with van der Waals surface area (Å²) in [6.45, 7) is 0. The first-order chi connectivity index (χ1) is 6.36. The molecule has 0 atom stereocenters. The molecule has 0 bridgehead atoms. The first-order valence-corrected chi connectivity index (χ1v) is 3.20. The van der Waals surface area contributed by atoms with Gasteiger partial charge in [-0.1, -0.05) is 0 Å². The molecule has 0 aromatic carbocycles. The van der Waals surface area contributed by atoms with Crippen molar-refractivity contribution in [3.05, 3.63) is 23.2 Å². The zero-order valence-electron chi connectivity index (χ0n) is 6.42. The molecule has 1 aromatic heterocycles. The molecule has 0 aliphatic carbocycles. The fourth-order valence-corrected chi connectivity index (χ4v) is 0.790. The largest absolute Gasteiger partial charge is 0.475 e. The Morgan fingerprint density at radius 1 is 1.57 bits per heavy atom. The Morgan fingerprint density at radius 2 is 2.14 bits per heavy atom. The van der Waals surface area contributed by atoms with Crippen molar-refractivity contribution in [3.8, 4) is 6.07 Å².